The molecule has 0 heterocycles. The zero-order valence-corrected chi connectivity index (χ0v) is 7.83. The van der Waals surface area contributed by atoms with Crippen LogP contribution in [0.2, 0.25) is 0 Å². The van der Waals surface area contributed by atoms with Crippen molar-refractivity contribution in [1.82, 2.24) is 0 Å². The van der Waals surface area contributed by atoms with E-state index < -0.39 is 23.4 Å². The number of hydrogen-bond acceptors (Lipinski definition) is 2. The largest absolute Gasteiger partial charge is 0.361 e. The average molecular weight is 214 g/mol. The number of amides is 2. The molecule has 6 heteroatoms. The van der Waals surface area contributed by atoms with Gasteiger partial charge in [-0.15, -0.1) is 0 Å². The van der Waals surface area contributed by atoms with Gasteiger partial charge in [0.05, 0.1) is 5.69 Å². The molecular formula is C9H8F2N2O2. The SMILES string of the molecule is CN(C(=O)C(N)=O)c1ccc(F)cc1F. The van der Waals surface area contributed by atoms with E-state index in [2.05, 4.69) is 0 Å². The van der Waals surface area contributed by atoms with Crippen molar-refractivity contribution in [2.24, 2.45) is 5.73 Å². The number of carbonyl (C=O) groups excluding carboxylic acids is 2. The molecule has 80 valence electrons. The summed E-state index contributed by atoms with van der Waals surface area (Å²) in [6.07, 6.45) is 0. The van der Waals surface area contributed by atoms with Crippen molar-refractivity contribution in [3.63, 3.8) is 0 Å². The predicted molar refractivity (Wildman–Crippen MR) is 49.0 cm³/mol. The first kappa shape index (κ1) is 11.1. The van der Waals surface area contributed by atoms with E-state index in [0.717, 1.165) is 17.0 Å². The molecule has 0 unspecified atom stereocenters. The van der Waals surface area contributed by atoms with Gasteiger partial charge in [0, 0.05) is 13.1 Å². The molecule has 0 spiro atoms. The molecule has 0 aliphatic heterocycles. The van der Waals surface area contributed by atoms with Gasteiger partial charge in [-0.25, -0.2) is 8.78 Å². The summed E-state index contributed by atoms with van der Waals surface area (Å²) in [5.74, 6) is -3.98. The highest BCUT2D eigenvalue weighted by atomic mass is 19.1. The first-order valence-electron chi connectivity index (χ1n) is 3.96. The Morgan fingerprint density at radius 3 is 2.40 bits per heavy atom. The highest BCUT2D eigenvalue weighted by molar-refractivity contribution is 6.39. The van der Waals surface area contributed by atoms with Gasteiger partial charge in [0.2, 0.25) is 0 Å². The standard InChI is InChI=1S/C9H8F2N2O2/c1-13(9(15)8(12)14)7-3-2-5(10)4-6(7)11/h2-4H,1H3,(H2,12,14). The molecule has 15 heavy (non-hydrogen) atoms. The summed E-state index contributed by atoms with van der Waals surface area (Å²) in [4.78, 5) is 22.3. The monoisotopic (exact) mass is 214 g/mol. The summed E-state index contributed by atoms with van der Waals surface area (Å²) in [6, 6.07) is 2.63. The Balaban J connectivity index is 3.06. The van der Waals surface area contributed by atoms with Crippen LogP contribution in [0.3, 0.4) is 0 Å². The number of carbonyl (C=O) groups is 2. The third kappa shape index (κ3) is 2.28. The van der Waals surface area contributed by atoms with Crippen LogP contribution in [-0.2, 0) is 9.59 Å². The molecule has 0 bridgehead atoms. The van der Waals surface area contributed by atoms with Crippen LogP contribution in [0.1, 0.15) is 0 Å². The van der Waals surface area contributed by atoms with Crippen molar-refractivity contribution in [3.05, 3.63) is 29.8 Å². The highest BCUT2D eigenvalue weighted by Crippen LogP contribution is 2.18. The Morgan fingerprint density at radius 2 is 1.93 bits per heavy atom. The van der Waals surface area contributed by atoms with Gasteiger partial charge < -0.3 is 10.6 Å². The molecule has 0 atom stereocenters. The van der Waals surface area contributed by atoms with Gasteiger partial charge >= 0.3 is 11.8 Å². The summed E-state index contributed by atoms with van der Waals surface area (Å²) < 4.78 is 25.7. The highest BCUT2D eigenvalue weighted by Gasteiger charge is 2.19. The number of rotatable bonds is 1. The maximum absolute atomic E-state index is 13.1. The van der Waals surface area contributed by atoms with Gasteiger partial charge in [0.1, 0.15) is 11.6 Å². The first-order valence-corrected chi connectivity index (χ1v) is 3.96. The molecule has 4 nitrogen and oxygen atoms in total. The van der Waals surface area contributed by atoms with Crippen molar-refractivity contribution in [2.75, 3.05) is 11.9 Å². The van der Waals surface area contributed by atoms with Crippen molar-refractivity contribution in [1.29, 1.82) is 0 Å². The number of benzene rings is 1. The number of likely N-dealkylation sites (N-methyl/N-ethyl adjacent to an activating group) is 1. The minimum atomic E-state index is -1.21. The van der Waals surface area contributed by atoms with E-state index in [1.165, 1.54) is 7.05 Å². The fraction of sp³-hybridized carbons (Fsp3) is 0.111. The quantitative estimate of drug-likeness (QED) is 0.688. The molecule has 0 aliphatic carbocycles. The molecule has 0 fully saturated rings. The minimum absolute atomic E-state index is 0.208. The lowest BCUT2D eigenvalue weighted by Crippen LogP contribution is -2.38. The number of anilines is 1. The van der Waals surface area contributed by atoms with Gasteiger partial charge in [-0.3, -0.25) is 9.59 Å². The number of hydrogen-bond donors (Lipinski definition) is 1. The number of nitrogens with two attached hydrogens (primary N) is 1. The Hall–Kier alpha value is -1.98. The zero-order valence-electron chi connectivity index (χ0n) is 7.83. The van der Waals surface area contributed by atoms with Crippen LogP contribution >= 0.6 is 0 Å². The molecule has 0 saturated carbocycles. The smallest absolute Gasteiger partial charge is 0.315 e. The second-order valence-electron chi connectivity index (χ2n) is 2.82. The van der Waals surface area contributed by atoms with Crippen molar-refractivity contribution in [3.8, 4) is 0 Å². The normalized spacial score (nSPS) is 9.80. The van der Waals surface area contributed by atoms with E-state index in [0.29, 0.717) is 6.07 Å². The van der Waals surface area contributed by atoms with Gasteiger partial charge in [-0.1, -0.05) is 0 Å². The molecule has 0 saturated heterocycles. The second-order valence-corrected chi connectivity index (χ2v) is 2.82. The van der Waals surface area contributed by atoms with Crippen LogP contribution in [0.4, 0.5) is 14.5 Å². The van der Waals surface area contributed by atoms with Crippen LogP contribution in [0.25, 0.3) is 0 Å². The number of nitrogens with zero attached hydrogens (tertiary/aromatic N) is 1. The van der Waals surface area contributed by atoms with Crippen molar-refractivity contribution < 1.29 is 18.4 Å². The molecule has 1 aromatic rings. The molecule has 1 aromatic carbocycles. The summed E-state index contributed by atoms with van der Waals surface area (Å²) in [6.45, 7) is 0. The lowest BCUT2D eigenvalue weighted by atomic mass is 10.2. The van der Waals surface area contributed by atoms with E-state index in [-0.39, 0.29) is 5.69 Å². The Labute approximate surface area is 84.3 Å². The van der Waals surface area contributed by atoms with Crippen LogP contribution in [0.15, 0.2) is 18.2 Å². The van der Waals surface area contributed by atoms with Gasteiger partial charge in [-0.2, -0.15) is 0 Å². The van der Waals surface area contributed by atoms with Crippen LogP contribution < -0.4 is 10.6 Å². The molecule has 0 radical (unpaired) electrons. The molecular weight excluding hydrogens is 206 g/mol. The summed E-state index contributed by atoms with van der Waals surface area (Å²) >= 11 is 0. The van der Waals surface area contributed by atoms with E-state index in [9.17, 15) is 18.4 Å². The molecule has 2 amide bonds. The first-order chi connectivity index (χ1) is 6.93. The average Bonchev–Trinajstić information content (AvgIpc) is 2.15. The molecule has 1 rings (SSSR count). The Bertz CT molecular complexity index is 421. The minimum Gasteiger partial charge on any atom is -0.361 e. The summed E-state index contributed by atoms with van der Waals surface area (Å²) in [7, 11) is 1.17. The fourth-order valence-corrected chi connectivity index (χ4v) is 1.03. The van der Waals surface area contributed by atoms with Crippen molar-refractivity contribution in [2.45, 2.75) is 0 Å². The van der Waals surface area contributed by atoms with Gasteiger partial charge in [0.25, 0.3) is 0 Å². The number of primary amides is 1. The van der Waals surface area contributed by atoms with Crippen LogP contribution in [0, 0.1) is 11.6 Å². The molecule has 0 aliphatic rings. The van der Waals surface area contributed by atoms with E-state index in [1.54, 1.807) is 0 Å². The Morgan fingerprint density at radius 1 is 1.33 bits per heavy atom. The van der Waals surface area contributed by atoms with E-state index >= 15 is 0 Å². The lowest BCUT2D eigenvalue weighted by Gasteiger charge is -2.15. The van der Waals surface area contributed by atoms with Crippen LogP contribution in [-0.4, -0.2) is 18.9 Å². The predicted octanol–water partition coefficient (Wildman–Crippen LogP) is 0.413. The van der Waals surface area contributed by atoms with E-state index in [4.69, 9.17) is 5.73 Å². The third-order valence-electron chi connectivity index (χ3n) is 1.79. The maximum atomic E-state index is 13.1. The molecule has 2 N–H and O–H groups in total. The zero-order chi connectivity index (χ0) is 11.6. The molecule has 0 aromatic heterocycles. The maximum Gasteiger partial charge on any atom is 0.315 e. The number of halogens is 2. The topological polar surface area (TPSA) is 63.4 Å². The second kappa shape index (κ2) is 4.04. The lowest BCUT2D eigenvalue weighted by molar-refractivity contribution is -0.135. The van der Waals surface area contributed by atoms with Crippen molar-refractivity contribution >= 4 is 17.5 Å². The third-order valence-corrected chi connectivity index (χ3v) is 1.79. The summed E-state index contributed by atoms with van der Waals surface area (Å²) in [5.41, 5.74) is 4.52. The van der Waals surface area contributed by atoms with Gasteiger partial charge in [0.15, 0.2) is 0 Å². The van der Waals surface area contributed by atoms with Gasteiger partial charge in [-0.05, 0) is 12.1 Å². The Kier molecular flexibility index (Phi) is 2.99. The van der Waals surface area contributed by atoms with Crippen LogP contribution in [0.5, 0.6) is 0 Å². The summed E-state index contributed by atoms with van der Waals surface area (Å²) in [5, 5.41) is 0. The van der Waals surface area contributed by atoms with E-state index in [1.807, 2.05) is 0 Å². The fourth-order valence-electron chi connectivity index (χ4n) is 1.03.